The number of guanidine groups is 1. The summed E-state index contributed by atoms with van der Waals surface area (Å²) in [6.07, 6.45) is 2.46. The van der Waals surface area contributed by atoms with Crippen molar-refractivity contribution in [1.82, 2.24) is 0 Å². The SMILES string of the molecule is NC(=NCC1(CO)CCOCC1)Nc1ccc2c(c1)OCCCO2. The van der Waals surface area contributed by atoms with Gasteiger partial charge in [0.2, 0.25) is 0 Å². The van der Waals surface area contributed by atoms with Gasteiger partial charge in [0.15, 0.2) is 17.5 Å². The van der Waals surface area contributed by atoms with Crippen molar-refractivity contribution in [2.24, 2.45) is 16.1 Å². The van der Waals surface area contributed by atoms with Crippen LogP contribution in [0.2, 0.25) is 0 Å². The van der Waals surface area contributed by atoms with E-state index < -0.39 is 0 Å². The molecule has 2 aliphatic rings. The van der Waals surface area contributed by atoms with Gasteiger partial charge in [-0.15, -0.1) is 0 Å². The van der Waals surface area contributed by atoms with Gasteiger partial charge in [-0.1, -0.05) is 0 Å². The molecular weight excluding hydrogens is 310 g/mol. The molecule has 0 spiro atoms. The van der Waals surface area contributed by atoms with E-state index in [4.69, 9.17) is 19.9 Å². The Morgan fingerprint density at radius 1 is 1.17 bits per heavy atom. The fourth-order valence-corrected chi connectivity index (χ4v) is 2.85. The number of fused-ring (bicyclic) bond motifs is 1. The minimum Gasteiger partial charge on any atom is -0.490 e. The van der Waals surface area contributed by atoms with Crippen LogP contribution in [0.3, 0.4) is 0 Å². The van der Waals surface area contributed by atoms with Crippen LogP contribution in [0.1, 0.15) is 19.3 Å². The molecule has 0 bridgehead atoms. The highest BCUT2D eigenvalue weighted by molar-refractivity contribution is 5.92. The first kappa shape index (κ1) is 16.9. The van der Waals surface area contributed by atoms with E-state index in [0.29, 0.717) is 44.7 Å². The van der Waals surface area contributed by atoms with Gasteiger partial charge in [0, 0.05) is 36.8 Å². The number of nitrogens with zero attached hydrogens (tertiary/aromatic N) is 1. The summed E-state index contributed by atoms with van der Waals surface area (Å²) < 4.78 is 16.6. The monoisotopic (exact) mass is 335 g/mol. The third-order valence-electron chi connectivity index (χ3n) is 4.49. The molecule has 4 N–H and O–H groups in total. The van der Waals surface area contributed by atoms with Gasteiger partial charge in [-0.25, -0.2) is 0 Å². The molecular formula is C17H25N3O4. The Balaban J connectivity index is 1.63. The van der Waals surface area contributed by atoms with E-state index in [-0.39, 0.29) is 12.0 Å². The average molecular weight is 335 g/mol. The topological polar surface area (TPSA) is 98.3 Å². The number of rotatable bonds is 4. The van der Waals surface area contributed by atoms with E-state index in [1.165, 1.54) is 0 Å². The second kappa shape index (κ2) is 7.72. The molecule has 1 fully saturated rings. The first-order valence-electron chi connectivity index (χ1n) is 8.36. The lowest BCUT2D eigenvalue weighted by molar-refractivity contribution is -0.0105. The van der Waals surface area contributed by atoms with E-state index in [2.05, 4.69) is 10.3 Å². The number of aliphatic hydroxyl groups is 1. The van der Waals surface area contributed by atoms with Gasteiger partial charge in [-0.2, -0.15) is 0 Å². The molecule has 24 heavy (non-hydrogen) atoms. The molecule has 0 unspecified atom stereocenters. The van der Waals surface area contributed by atoms with Gasteiger partial charge in [-0.3, -0.25) is 4.99 Å². The van der Waals surface area contributed by atoms with Crippen LogP contribution in [-0.4, -0.2) is 50.6 Å². The fraction of sp³-hybridized carbons (Fsp3) is 0.588. The predicted molar refractivity (Wildman–Crippen MR) is 91.7 cm³/mol. The highest BCUT2D eigenvalue weighted by Crippen LogP contribution is 2.32. The van der Waals surface area contributed by atoms with Crippen molar-refractivity contribution in [3.8, 4) is 11.5 Å². The molecule has 1 aromatic rings. The van der Waals surface area contributed by atoms with Gasteiger partial charge in [0.1, 0.15) is 0 Å². The number of nitrogens with one attached hydrogen (secondary N) is 1. The molecule has 0 radical (unpaired) electrons. The molecule has 0 saturated carbocycles. The molecule has 1 aromatic carbocycles. The zero-order chi connectivity index (χ0) is 16.8. The van der Waals surface area contributed by atoms with Crippen molar-refractivity contribution in [3.63, 3.8) is 0 Å². The summed E-state index contributed by atoms with van der Waals surface area (Å²) in [7, 11) is 0. The van der Waals surface area contributed by atoms with E-state index >= 15 is 0 Å². The van der Waals surface area contributed by atoms with E-state index in [9.17, 15) is 5.11 Å². The normalized spacial score (nSPS) is 20.3. The summed E-state index contributed by atoms with van der Waals surface area (Å²) in [6.45, 7) is 3.20. The smallest absolute Gasteiger partial charge is 0.193 e. The quantitative estimate of drug-likeness (QED) is 0.568. The van der Waals surface area contributed by atoms with Crippen LogP contribution in [-0.2, 0) is 4.74 Å². The first-order valence-corrected chi connectivity index (χ1v) is 8.36. The maximum atomic E-state index is 9.69. The van der Waals surface area contributed by atoms with Gasteiger partial charge in [0.25, 0.3) is 0 Å². The van der Waals surface area contributed by atoms with Crippen molar-refractivity contribution in [2.45, 2.75) is 19.3 Å². The van der Waals surface area contributed by atoms with Crippen LogP contribution < -0.4 is 20.5 Å². The van der Waals surface area contributed by atoms with Gasteiger partial charge >= 0.3 is 0 Å². The first-order chi connectivity index (χ1) is 11.7. The molecule has 2 aliphatic heterocycles. The number of nitrogens with two attached hydrogens (primary N) is 1. The maximum absolute atomic E-state index is 9.69. The molecule has 0 amide bonds. The summed E-state index contributed by atoms with van der Waals surface area (Å²) in [6, 6.07) is 5.61. The average Bonchev–Trinajstić information content (AvgIpc) is 2.86. The molecule has 3 rings (SSSR count). The Hall–Kier alpha value is -1.99. The lowest BCUT2D eigenvalue weighted by Crippen LogP contribution is -2.37. The van der Waals surface area contributed by atoms with Crippen molar-refractivity contribution in [1.29, 1.82) is 0 Å². The Bertz CT molecular complexity index is 585. The molecule has 0 aliphatic carbocycles. The number of anilines is 1. The summed E-state index contributed by atoms with van der Waals surface area (Å²) in [4.78, 5) is 4.41. The lowest BCUT2D eigenvalue weighted by Gasteiger charge is -2.34. The van der Waals surface area contributed by atoms with E-state index in [1.54, 1.807) is 0 Å². The summed E-state index contributed by atoms with van der Waals surface area (Å²) in [5.74, 6) is 1.78. The van der Waals surface area contributed by atoms with Crippen LogP contribution >= 0.6 is 0 Å². The van der Waals surface area contributed by atoms with Crippen LogP contribution in [0.25, 0.3) is 0 Å². The third kappa shape index (κ3) is 4.10. The molecule has 2 heterocycles. The predicted octanol–water partition coefficient (Wildman–Crippen LogP) is 1.36. The highest BCUT2D eigenvalue weighted by atomic mass is 16.5. The number of aliphatic hydroxyl groups excluding tert-OH is 1. The minimum absolute atomic E-state index is 0.0944. The molecule has 0 atom stereocenters. The Labute approximate surface area is 141 Å². The van der Waals surface area contributed by atoms with Crippen LogP contribution in [0.5, 0.6) is 11.5 Å². The zero-order valence-electron chi connectivity index (χ0n) is 13.8. The Kier molecular flexibility index (Phi) is 5.42. The van der Waals surface area contributed by atoms with Crippen molar-refractivity contribution < 1.29 is 19.3 Å². The number of ether oxygens (including phenoxy) is 3. The Morgan fingerprint density at radius 2 is 1.92 bits per heavy atom. The summed E-state index contributed by atoms with van der Waals surface area (Å²) in [5.41, 5.74) is 6.57. The van der Waals surface area contributed by atoms with Crippen LogP contribution in [0.15, 0.2) is 23.2 Å². The molecule has 7 heteroatoms. The van der Waals surface area contributed by atoms with Crippen LogP contribution in [0.4, 0.5) is 5.69 Å². The number of hydrogen-bond donors (Lipinski definition) is 3. The van der Waals surface area contributed by atoms with Gasteiger partial charge in [0.05, 0.1) is 26.4 Å². The van der Waals surface area contributed by atoms with E-state index in [1.807, 2.05) is 18.2 Å². The lowest BCUT2D eigenvalue weighted by atomic mass is 9.81. The Morgan fingerprint density at radius 3 is 2.67 bits per heavy atom. The zero-order valence-corrected chi connectivity index (χ0v) is 13.8. The van der Waals surface area contributed by atoms with Gasteiger partial charge < -0.3 is 30.4 Å². The second-order valence-electron chi connectivity index (χ2n) is 6.31. The summed E-state index contributed by atoms with van der Waals surface area (Å²) >= 11 is 0. The maximum Gasteiger partial charge on any atom is 0.193 e. The van der Waals surface area contributed by atoms with Crippen molar-refractivity contribution >= 4 is 11.6 Å². The molecule has 1 saturated heterocycles. The van der Waals surface area contributed by atoms with Gasteiger partial charge in [-0.05, 0) is 25.0 Å². The highest BCUT2D eigenvalue weighted by Gasteiger charge is 2.31. The number of hydrogen-bond acceptors (Lipinski definition) is 5. The van der Waals surface area contributed by atoms with Crippen LogP contribution in [0, 0.1) is 5.41 Å². The minimum atomic E-state index is -0.227. The van der Waals surface area contributed by atoms with Crippen molar-refractivity contribution in [3.05, 3.63) is 18.2 Å². The third-order valence-corrected chi connectivity index (χ3v) is 4.49. The molecule has 7 nitrogen and oxygen atoms in total. The largest absolute Gasteiger partial charge is 0.490 e. The molecule has 0 aromatic heterocycles. The standard InChI is InChI=1S/C17H25N3O4/c18-16(19-11-17(12-21)4-8-22-9-5-17)20-13-2-3-14-15(10-13)24-7-1-6-23-14/h2-3,10,21H,1,4-9,11-12H2,(H3,18,19,20). The van der Waals surface area contributed by atoms with E-state index in [0.717, 1.165) is 30.7 Å². The molecule has 132 valence electrons. The second-order valence-corrected chi connectivity index (χ2v) is 6.31. The van der Waals surface area contributed by atoms with Crippen molar-refractivity contribution in [2.75, 3.05) is 44.9 Å². The fourth-order valence-electron chi connectivity index (χ4n) is 2.85. The number of aliphatic imine (C=N–C) groups is 1. The number of benzene rings is 1. The summed E-state index contributed by atoms with van der Waals surface area (Å²) in [5, 5.41) is 12.8.